The third-order valence-electron chi connectivity index (χ3n) is 5.12. The second-order valence-corrected chi connectivity index (χ2v) is 7.05. The number of anilines is 1. The van der Waals surface area contributed by atoms with Gasteiger partial charge >= 0.3 is 0 Å². The number of benzene rings is 2. The third kappa shape index (κ3) is 3.96. The number of para-hydroxylation sites is 1. The summed E-state index contributed by atoms with van der Waals surface area (Å²) in [5, 5.41) is 2.94. The van der Waals surface area contributed by atoms with Gasteiger partial charge in [-0.15, -0.1) is 0 Å². The van der Waals surface area contributed by atoms with Crippen molar-refractivity contribution in [3.63, 3.8) is 0 Å². The fourth-order valence-electron chi connectivity index (χ4n) is 3.65. The molecule has 148 valence electrons. The Morgan fingerprint density at radius 1 is 1.11 bits per heavy atom. The Bertz CT molecular complexity index is 874. The van der Waals surface area contributed by atoms with Crippen LogP contribution in [0.1, 0.15) is 23.1 Å². The van der Waals surface area contributed by atoms with Gasteiger partial charge in [-0.2, -0.15) is 0 Å². The van der Waals surface area contributed by atoms with Crippen LogP contribution in [0.3, 0.4) is 0 Å². The van der Waals surface area contributed by atoms with Crippen molar-refractivity contribution in [2.45, 2.75) is 26.8 Å². The minimum atomic E-state index is -0.355. The summed E-state index contributed by atoms with van der Waals surface area (Å²) in [7, 11) is 3.16. The summed E-state index contributed by atoms with van der Waals surface area (Å²) in [4.78, 5) is 26.9. The number of hydrogen-bond acceptors (Lipinski definition) is 4. The highest BCUT2D eigenvalue weighted by molar-refractivity contribution is 6.01. The Kier molecular flexibility index (Phi) is 5.87. The molecule has 0 radical (unpaired) electrons. The zero-order chi connectivity index (χ0) is 20.3. The van der Waals surface area contributed by atoms with E-state index in [1.165, 1.54) is 0 Å². The lowest BCUT2D eigenvalue weighted by Gasteiger charge is -2.21. The highest BCUT2D eigenvalue weighted by atomic mass is 16.5. The molecular weight excluding hydrogens is 356 g/mol. The van der Waals surface area contributed by atoms with Gasteiger partial charge in [0.25, 0.3) is 0 Å². The Morgan fingerprint density at radius 3 is 2.43 bits per heavy atom. The van der Waals surface area contributed by atoms with Crippen LogP contribution in [0.2, 0.25) is 0 Å². The van der Waals surface area contributed by atoms with Crippen LogP contribution in [0.5, 0.6) is 11.5 Å². The zero-order valence-corrected chi connectivity index (χ0v) is 16.7. The van der Waals surface area contributed by atoms with Gasteiger partial charge < -0.3 is 19.7 Å². The monoisotopic (exact) mass is 382 g/mol. The van der Waals surface area contributed by atoms with Crippen LogP contribution < -0.4 is 19.7 Å². The molecule has 1 aliphatic heterocycles. The Labute approximate surface area is 165 Å². The molecule has 2 aromatic rings. The molecule has 1 saturated heterocycles. The summed E-state index contributed by atoms with van der Waals surface area (Å²) >= 11 is 0. The van der Waals surface area contributed by atoms with Crippen molar-refractivity contribution in [3.8, 4) is 11.5 Å². The molecule has 0 bridgehead atoms. The maximum atomic E-state index is 12.6. The highest BCUT2D eigenvalue weighted by Gasteiger charge is 2.36. The molecule has 6 heteroatoms. The fourth-order valence-corrected chi connectivity index (χ4v) is 3.65. The molecule has 6 nitrogen and oxygen atoms in total. The second-order valence-electron chi connectivity index (χ2n) is 7.05. The maximum Gasteiger partial charge on any atom is 0.227 e. The molecule has 0 aromatic heterocycles. The number of carbonyl (C=O) groups excluding carboxylic acids is 2. The number of rotatable bonds is 6. The average Bonchev–Trinajstić information content (AvgIpc) is 3.07. The summed E-state index contributed by atoms with van der Waals surface area (Å²) in [5.41, 5.74) is 3.91. The van der Waals surface area contributed by atoms with Crippen LogP contribution in [0.4, 0.5) is 5.69 Å². The van der Waals surface area contributed by atoms with Crippen LogP contribution >= 0.6 is 0 Å². The van der Waals surface area contributed by atoms with E-state index in [1.807, 2.05) is 50.2 Å². The first kappa shape index (κ1) is 19.7. The standard InChI is InChI=1S/C22H26N2O4/c1-14-6-5-7-15(2)21(14)24-13-17(11-20(24)25)22(26)23-12-16-8-9-18(27-3)19(10-16)28-4/h5-10,17H,11-13H2,1-4H3,(H,23,26). The first-order chi connectivity index (χ1) is 13.4. The van der Waals surface area contributed by atoms with Gasteiger partial charge in [0.05, 0.1) is 20.1 Å². The molecule has 2 amide bonds. The second kappa shape index (κ2) is 8.33. The molecule has 1 fully saturated rings. The number of nitrogens with zero attached hydrogens (tertiary/aromatic N) is 1. The average molecular weight is 382 g/mol. The Balaban J connectivity index is 1.65. The minimum absolute atomic E-state index is 0.0105. The van der Waals surface area contributed by atoms with Gasteiger partial charge in [0.1, 0.15) is 0 Å². The lowest BCUT2D eigenvalue weighted by molar-refractivity contribution is -0.126. The molecular formula is C22H26N2O4. The van der Waals surface area contributed by atoms with Gasteiger partial charge in [0.15, 0.2) is 11.5 Å². The van der Waals surface area contributed by atoms with E-state index in [-0.39, 0.29) is 24.2 Å². The number of nitrogens with one attached hydrogen (secondary N) is 1. The molecule has 1 unspecified atom stereocenters. The molecule has 28 heavy (non-hydrogen) atoms. The smallest absolute Gasteiger partial charge is 0.227 e. The predicted octanol–water partition coefficient (Wildman–Crippen LogP) is 2.99. The molecule has 3 rings (SSSR count). The van der Waals surface area contributed by atoms with Gasteiger partial charge in [0.2, 0.25) is 11.8 Å². The van der Waals surface area contributed by atoms with E-state index in [2.05, 4.69) is 5.32 Å². The van der Waals surface area contributed by atoms with Crippen molar-refractivity contribution in [1.29, 1.82) is 0 Å². The zero-order valence-electron chi connectivity index (χ0n) is 16.7. The Morgan fingerprint density at radius 2 is 1.79 bits per heavy atom. The number of ether oxygens (including phenoxy) is 2. The van der Waals surface area contributed by atoms with Crippen LogP contribution in [0, 0.1) is 19.8 Å². The largest absolute Gasteiger partial charge is 0.493 e. The molecule has 0 saturated carbocycles. The Hall–Kier alpha value is -3.02. The van der Waals surface area contributed by atoms with Crippen LogP contribution in [0.25, 0.3) is 0 Å². The summed E-state index contributed by atoms with van der Waals surface area (Å²) in [5.74, 6) is 0.780. The molecule has 2 aromatic carbocycles. The van der Waals surface area contributed by atoms with Gasteiger partial charge in [-0.3, -0.25) is 9.59 Å². The fraction of sp³-hybridized carbons (Fsp3) is 0.364. The van der Waals surface area contributed by atoms with E-state index in [0.29, 0.717) is 24.6 Å². The maximum absolute atomic E-state index is 12.6. The summed E-state index contributed by atoms with van der Waals surface area (Å²) in [6.07, 6.45) is 0.228. The first-order valence-electron chi connectivity index (χ1n) is 9.29. The first-order valence-corrected chi connectivity index (χ1v) is 9.29. The number of amides is 2. The van der Waals surface area contributed by atoms with Crippen molar-refractivity contribution in [2.24, 2.45) is 5.92 Å². The number of hydrogen-bond donors (Lipinski definition) is 1. The molecule has 1 heterocycles. The van der Waals surface area contributed by atoms with Gasteiger partial charge in [-0.1, -0.05) is 24.3 Å². The highest BCUT2D eigenvalue weighted by Crippen LogP contribution is 2.31. The van der Waals surface area contributed by atoms with Crippen molar-refractivity contribution < 1.29 is 19.1 Å². The molecule has 1 N–H and O–H groups in total. The van der Waals surface area contributed by atoms with Crippen molar-refractivity contribution in [2.75, 3.05) is 25.7 Å². The lowest BCUT2D eigenvalue weighted by atomic mass is 10.1. The SMILES string of the molecule is COc1ccc(CNC(=O)C2CC(=O)N(c3c(C)cccc3C)C2)cc1OC. The summed E-state index contributed by atoms with van der Waals surface area (Å²) in [6.45, 7) is 4.75. The normalized spacial score (nSPS) is 16.2. The van der Waals surface area contributed by atoms with E-state index in [1.54, 1.807) is 19.1 Å². The van der Waals surface area contributed by atoms with E-state index in [0.717, 1.165) is 22.4 Å². The number of methoxy groups -OCH3 is 2. The van der Waals surface area contributed by atoms with E-state index in [9.17, 15) is 9.59 Å². The molecule has 0 spiro atoms. The third-order valence-corrected chi connectivity index (χ3v) is 5.12. The van der Waals surface area contributed by atoms with Gasteiger partial charge in [-0.05, 0) is 42.7 Å². The summed E-state index contributed by atoms with van der Waals surface area (Å²) in [6, 6.07) is 11.5. The number of aryl methyl sites for hydroxylation is 2. The van der Waals surface area contributed by atoms with Gasteiger partial charge in [0, 0.05) is 25.2 Å². The molecule has 1 aliphatic rings. The number of carbonyl (C=O) groups is 2. The predicted molar refractivity (Wildman–Crippen MR) is 108 cm³/mol. The van der Waals surface area contributed by atoms with Crippen LogP contribution in [0.15, 0.2) is 36.4 Å². The lowest BCUT2D eigenvalue weighted by Crippen LogP contribution is -2.33. The molecule has 0 aliphatic carbocycles. The molecule has 1 atom stereocenters. The van der Waals surface area contributed by atoms with Crippen molar-refractivity contribution in [3.05, 3.63) is 53.1 Å². The van der Waals surface area contributed by atoms with Gasteiger partial charge in [-0.25, -0.2) is 0 Å². The quantitative estimate of drug-likeness (QED) is 0.834. The van der Waals surface area contributed by atoms with E-state index < -0.39 is 0 Å². The van der Waals surface area contributed by atoms with E-state index in [4.69, 9.17) is 9.47 Å². The van der Waals surface area contributed by atoms with E-state index >= 15 is 0 Å². The van der Waals surface area contributed by atoms with Crippen molar-refractivity contribution >= 4 is 17.5 Å². The summed E-state index contributed by atoms with van der Waals surface area (Å²) < 4.78 is 10.5. The van der Waals surface area contributed by atoms with Crippen LogP contribution in [-0.2, 0) is 16.1 Å². The van der Waals surface area contributed by atoms with Crippen LogP contribution in [-0.4, -0.2) is 32.6 Å². The van der Waals surface area contributed by atoms with Crippen molar-refractivity contribution in [1.82, 2.24) is 5.32 Å². The topological polar surface area (TPSA) is 67.9 Å². The minimum Gasteiger partial charge on any atom is -0.493 e.